The van der Waals surface area contributed by atoms with Gasteiger partial charge in [-0.1, -0.05) is 0 Å². The summed E-state index contributed by atoms with van der Waals surface area (Å²) in [6.07, 6.45) is 2.59. The molecule has 0 saturated carbocycles. The summed E-state index contributed by atoms with van der Waals surface area (Å²) < 4.78 is 5.24. The monoisotopic (exact) mass is 222 g/mol. The largest absolute Gasteiger partial charge is 0.469 e. The normalized spacial score (nSPS) is 10.5. The summed E-state index contributed by atoms with van der Waals surface area (Å²) in [6.45, 7) is 4.98. The van der Waals surface area contributed by atoms with Gasteiger partial charge in [0.15, 0.2) is 5.13 Å². The maximum atomic E-state index is 5.24. The Kier molecular flexibility index (Phi) is 3.06. The van der Waals surface area contributed by atoms with Crippen LogP contribution in [0.4, 0.5) is 5.13 Å². The number of nitrogens with one attached hydrogen (secondary N) is 1. The van der Waals surface area contributed by atoms with E-state index in [1.54, 1.807) is 17.6 Å². The van der Waals surface area contributed by atoms with E-state index in [0.717, 1.165) is 29.6 Å². The van der Waals surface area contributed by atoms with Crippen molar-refractivity contribution >= 4 is 16.5 Å². The first-order valence-corrected chi connectivity index (χ1v) is 5.77. The maximum absolute atomic E-state index is 5.24. The quantitative estimate of drug-likeness (QED) is 0.864. The Balaban J connectivity index is 1.83. The first-order valence-electron chi connectivity index (χ1n) is 4.96. The number of aromatic nitrogens is 1. The lowest BCUT2D eigenvalue weighted by atomic mass is 10.3. The van der Waals surface area contributed by atoms with Crippen LogP contribution in [0, 0.1) is 13.8 Å². The van der Waals surface area contributed by atoms with Gasteiger partial charge in [-0.3, -0.25) is 0 Å². The van der Waals surface area contributed by atoms with Gasteiger partial charge in [0, 0.05) is 17.8 Å². The molecule has 0 atom stereocenters. The lowest BCUT2D eigenvalue weighted by molar-refractivity contribution is 0.513. The Labute approximate surface area is 93.2 Å². The smallest absolute Gasteiger partial charge is 0.183 e. The minimum atomic E-state index is 0.861. The zero-order valence-corrected chi connectivity index (χ0v) is 9.73. The van der Waals surface area contributed by atoms with E-state index in [0.29, 0.717) is 0 Å². The molecule has 0 fully saturated rings. The van der Waals surface area contributed by atoms with E-state index >= 15 is 0 Å². The van der Waals surface area contributed by atoms with Crippen molar-refractivity contribution in [2.24, 2.45) is 0 Å². The third-order valence-corrected chi connectivity index (χ3v) is 3.29. The second-order valence-corrected chi connectivity index (χ2v) is 4.62. The number of thiazole rings is 1. The van der Waals surface area contributed by atoms with Crippen molar-refractivity contribution < 1.29 is 4.42 Å². The third-order valence-electron chi connectivity index (χ3n) is 2.26. The molecule has 1 N–H and O–H groups in total. The van der Waals surface area contributed by atoms with Crippen LogP contribution in [0.2, 0.25) is 0 Å². The summed E-state index contributed by atoms with van der Waals surface area (Å²) in [4.78, 5) is 5.68. The lowest BCUT2D eigenvalue weighted by Gasteiger charge is -1.99. The number of anilines is 1. The zero-order valence-electron chi connectivity index (χ0n) is 8.91. The Morgan fingerprint density at radius 3 is 2.93 bits per heavy atom. The molecule has 0 radical (unpaired) electrons. The maximum Gasteiger partial charge on any atom is 0.183 e. The average molecular weight is 222 g/mol. The van der Waals surface area contributed by atoms with Crippen molar-refractivity contribution in [1.29, 1.82) is 0 Å². The topological polar surface area (TPSA) is 38.1 Å². The molecule has 0 spiro atoms. The van der Waals surface area contributed by atoms with E-state index < -0.39 is 0 Å². The molecule has 0 aromatic carbocycles. The number of hydrogen-bond donors (Lipinski definition) is 1. The zero-order chi connectivity index (χ0) is 10.7. The van der Waals surface area contributed by atoms with Crippen LogP contribution in [0.3, 0.4) is 0 Å². The van der Waals surface area contributed by atoms with Gasteiger partial charge in [-0.2, -0.15) is 0 Å². The molecular weight excluding hydrogens is 208 g/mol. The predicted molar refractivity (Wildman–Crippen MR) is 62.5 cm³/mol. The van der Waals surface area contributed by atoms with E-state index in [1.807, 2.05) is 19.1 Å². The fourth-order valence-corrected chi connectivity index (χ4v) is 2.14. The molecule has 0 unspecified atom stereocenters. The molecule has 0 aliphatic heterocycles. The Morgan fingerprint density at radius 2 is 2.33 bits per heavy atom. The molecule has 2 aromatic heterocycles. The number of rotatable bonds is 4. The van der Waals surface area contributed by atoms with Crippen molar-refractivity contribution in [3.05, 3.63) is 34.7 Å². The first kappa shape index (κ1) is 10.2. The van der Waals surface area contributed by atoms with Gasteiger partial charge in [0.2, 0.25) is 0 Å². The Bertz CT molecular complexity index is 400. The minimum Gasteiger partial charge on any atom is -0.469 e. The van der Waals surface area contributed by atoms with Gasteiger partial charge in [0.25, 0.3) is 0 Å². The molecule has 0 amide bonds. The summed E-state index contributed by atoms with van der Waals surface area (Å²) in [7, 11) is 0. The molecule has 0 bridgehead atoms. The Hall–Kier alpha value is -1.29. The van der Waals surface area contributed by atoms with E-state index in [4.69, 9.17) is 4.42 Å². The molecular formula is C11H14N2OS. The Morgan fingerprint density at radius 1 is 1.47 bits per heavy atom. The van der Waals surface area contributed by atoms with Crippen LogP contribution in [0.5, 0.6) is 0 Å². The minimum absolute atomic E-state index is 0.861. The molecule has 0 saturated heterocycles. The third kappa shape index (κ3) is 2.59. The van der Waals surface area contributed by atoms with Crippen molar-refractivity contribution in [2.75, 3.05) is 11.9 Å². The van der Waals surface area contributed by atoms with Gasteiger partial charge in [0.1, 0.15) is 5.76 Å². The molecule has 4 heteroatoms. The fraction of sp³-hybridized carbons (Fsp3) is 0.364. The summed E-state index contributed by atoms with van der Waals surface area (Å²) in [6, 6.07) is 3.90. The second-order valence-electron chi connectivity index (χ2n) is 3.42. The molecule has 2 aromatic rings. The second kappa shape index (κ2) is 4.49. The molecule has 0 aliphatic carbocycles. The number of furan rings is 1. The molecule has 15 heavy (non-hydrogen) atoms. The fourth-order valence-electron chi connectivity index (χ4n) is 1.30. The van der Waals surface area contributed by atoms with Crippen molar-refractivity contribution in [1.82, 2.24) is 4.98 Å². The van der Waals surface area contributed by atoms with Gasteiger partial charge >= 0.3 is 0 Å². The summed E-state index contributed by atoms with van der Waals surface area (Å²) in [5, 5.41) is 4.29. The van der Waals surface area contributed by atoms with Gasteiger partial charge < -0.3 is 9.73 Å². The van der Waals surface area contributed by atoms with Crippen LogP contribution < -0.4 is 5.32 Å². The molecule has 0 aliphatic rings. The lowest BCUT2D eigenvalue weighted by Crippen LogP contribution is -2.03. The van der Waals surface area contributed by atoms with Crippen LogP contribution in [0.25, 0.3) is 0 Å². The van der Waals surface area contributed by atoms with Crippen LogP contribution in [-0.4, -0.2) is 11.5 Å². The van der Waals surface area contributed by atoms with E-state index in [1.165, 1.54) is 4.88 Å². The van der Waals surface area contributed by atoms with E-state index in [-0.39, 0.29) is 0 Å². The summed E-state index contributed by atoms with van der Waals surface area (Å²) >= 11 is 1.70. The highest BCUT2D eigenvalue weighted by Crippen LogP contribution is 2.20. The number of nitrogens with zero attached hydrogens (tertiary/aromatic N) is 1. The van der Waals surface area contributed by atoms with Gasteiger partial charge in [0.05, 0.1) is 12.0 Å². The van der Waals surface area contributed by atoms with Crippen LogP contribution in [0.1, 0.15) is 16.3 Å². The highest BCUT2D eigenvalue weighted by molar-refractivity contribution is 7.15. The standard InChI is InChI=1S/C11H14N2OS/c1-8-9(2)15-11(13-8)12-6-5-10-4-3-7-14-10/h3-4,7H,5-6H2,1-2H3,(H,12,13). The molecule has 80 valence electrons. The van der Waals surface area contributed by atoms with E-state index in [2.05, 4.69) is 17.2 Å². The SMILES string of the molecule is Cc1nc(NCCc2ccco2)sc1C. The highest BCUT2D eigenvalue weighted by atomic mass is 32.1. The molecule has 2 rings (SSSR count). The molecule has 3 nitrogen and oxygen atoms in total. The average Bonchev–Trinajstić information content (AvgIpc) is 2.79. The number of aryl methyl sites for hydroxylation is 2. The number of hydrogen-bond acceptors (Lipinski definition) is 4. The predicted octanol–water partition coefficient (Wildman–Crippen LogP) is 3.01. The van der Waals surface area contributed by atoms with Crippen LogP contribution >= 0.6 is 11.3 Å². The first-order chi connectivity index (χ1) is 7.25. The van der Waals surface area contributed by atoms with Crippen LogP contribution in [0.15, 0.2) is 22.8 Å². The van der Waals surface area contributed by atoms with Crippen molar-refractivity contribution in [2.45, 2.75) is 20.3 Å². The molecule has 2 heterocycles. The highest BCUT2D eigenvalue weighted by Gasteiger charge is 2.02. The van der Waals surface area contributed by atoms with Gasteiger partial charge in [-0.15, -0.1) is 11.3 Å². The van der Waals surface area contributed by atoms with E-state index in [9.17, 15) is 0 Å². The summed E-state index contributed by atoms with van der Waals surface area (Å²) in [5.74, 6) is 1.01. The van der Waals surface area contributed by atoms with Gasteiger partial charge in [-0.25, -0.2) is 4.98 Å². The van der Waals surface area contributed by atoms with Crippen molar-refractivity contribution in [3.8, 4) is 0 Å². The van der Waals surface area contributed by atoms with Crippen molar-refractivity contribution in [3.63, 3.8) is 0 Å². The van der Waals surface area contributed by atoms with Gasteiger partial charge in [-0.05, 0) is 26.0 Å². The van der Waals surface area contributed by atoms with Crippen LogP contribution in [-0.2, 0) is 6.42 Å². The summed E-state index contributed by atoms with van der Waals surface area (Å²) in [5.41, 5.74) is 1.11.